The summed E-state index contributed by atoms with van der Waals surface area (Å²) in [5, 5.41) is 19.2. The number of piperazine rings is 1. The Balaban J connectivity index is 1.40. The Bertz CT molecular complexity index is 1220. The number of nitrogens with one attached hydrogen (secondary N) is 1. The molecule has 4 rings (SSSR count). The molecule has 1 aliphatic rings. The molecule has 1 heterocycles. The zero-order chi connectivity index (χ0) is 24.1. The van der Waals surface area contributed by atoms with Crippen molar-refractivity contribution >= 4 is 27.4 Å². The van der Waals surface area contributed by atoms with Crippen LogP contribution in [0.5, 0.6) is 5.75 Å². The topological polar surface area (TPSA) is 110 Å². The van der Waals surface area contributed by atoms with Crippen molar-refractivity contribution in [2.45, 2.75) is 17.4 Å². The number of anilines is 2. The number of phenols is 1. The number of hydrogen-bond donors (Lipinski definition) is 3. The maximum atomic E-state index is 12.8. The highest BCUT2D eigenvalue weighted by Gasteiger charge is 2.26. The highest BCUT2D eigenvalue weighted by atomic mass is 32.2. The largest absolute Gasteiger partial charge is 0.508 e. The molecule has 1 unspecified atom stereocenters. The van der Waals surface area contributed by atoms with Gasteiger partial charge in [-0.15, -0.1) is 0 Å². The Kier molecular flexibility index (Phi) is 7.04. The van der Waals surface area contributed by atoms with Crippen molar-refractivity contribution in [3.63, 3.8) is 0 Å². The summed E-state index contributed by atoms with van der Waals surface area (Å²) in [7, 11) is -4.00. The Hall–Kier alpha value is -3.56. The fraction of sp³-hybridized carbons (Fsp3) is 0.240. The average molecular weight is 482 g/mol. The first-order valence-corrected chi connectivity index (χ1v) is 12.5. The number of phenolic OH excluding ortho intramolecular Hbond substituents is 1. The van der Waals surface area contributed by atoms with Crippen LogP contribution in [0.2, 0.25) is 0 Å². The molecule has 9 heteroatoms. The predicted molar refractivity (Wildman–Crippen MR) is 131 cm³/mol. The first kappa shape index (κ1) is 23.6. The lowest BCUT2D eigenvalue weighted by atomic mass is 10.1. The number of aromatic hydroxyl groups is 1. The number of nitrogens with zero attached hydrogens (tertiary/aromatic N) is 2. The van der Waals surface area contributed by atoms with Crippen LogP contribution in [-0.4, -0.2) is 56.8 Å². The fourth-order valence-corrected chi connectivity index (χ4v) is 5.22. The van der Waals surface area contributed by atoms with Gasteiger partial charge < -0.3 is 20.0 Å². The number of benzene rings is 3. The van der Waals surface area contributed by atoms with Crippen LogP contribution in [0.3, 0.4) is 0 Å². The maximum absolute atomic E-state index is 12.8. The van der Waals surface area contributed by atoms with E-state index in [0.717, 1.165) is 43.1 Å². The molecule has 34 heavy (non-hydrogen) atoms. The lowest BCUT2D eigenvalue weighted by molar-refractivity contribution is -0.138. The van der Waals surface area contributed by atoms with Gasteiger partial charge in [-0.05, 0) is 48.4 Å². The SMILES string of the molecule is O=C(O)C(Cc1ccccc1)NS(=O)(=O)c1ccc(N2CCN(c3cccc(O)c3)CC2)cc1. The summed E-state index contributed by atoms with van der Waals surface area (Å²) in [5.41, 5.74) is 2.60. The second-order valence-electron chi connectivity index (χ2n) is 8.19. The minimum atomic E-state index is -4.00. The van der Waals surface area contributed by atoms with Crippen molar-refractivity contribution in [2.24, 2.45) is 0 Å². The Morgan fingerprint density at radius 2 is 1.47 bits per heavy atom. The third kappa shape index (κ3) is 5.67. The summed E-state index contributed by atoms with van der Waals surface area (Å²) in [4.78, 5) is 16.0. The molecule has 0 amide bonds. The number of carboxylic acid groups (broad SMARTS) is 1. The Morgan fingerprint density at radius 1 is 0.853 bits per heavy atom. The van der Waals surface area contributed by atoms with E-state index in [2.05, 4.69) is 14.5 Å². The lowest BCUT2D eigenvalue weighted by Gasteiger charge is -2.37. The van der Waals surface area contributed by atoms with Gasteiger partial charge in [0.1, 0.15) is 11.8 Å². The standard InChI is InChI=1S/C25H27N3O5S/c29-22-8-4-7-21(18-22)28-15-13-27(14-16-28)20-9-11-23(12-10-20)34(32,33)26-24(25(30)31)17-19-5-2-1-3-6-19/h1-12,18,24,26,29H,13-17H2,(H,30,31). The van der Waals surface area contributed by atoms with E-state index in [4.69, 9.17) is 0 Å². The number of sulfonamides is 1. The van der Waals surface area contributed by atoms with Gasteiger partial charge in [-0.3, -0.25) is 4.79 Å². The number of hydrogen-bond acceptors (Lipinski definition) is 6. The van der Waals surface area contributed by atoms with Crippen LogP contribution >= 0.6 is 0 Å². The van der Waals surface area contributed by atoms with Crippen LogP contribution in [0, 0.1) is 0 Å². The summed E-state index contributed by atoms with van der Waals surface area (Å²) >= 11 is 0. The third-order valence-corrected chi connectivity index (χ3v) is 7.35. The number of rotatable bonds is 8. The van der Waals surface area contributed by atoms with Crippen molar-refractivity contribution in [1.82, 2.24) is 4.72 Å². The number of carboxylic acids is 1. The van der Waals surface area contributed by atoms with Gasteiger partial charge in [0, 0.05) is 43.6 Å². The molecule has 0 spiro atoms. The van der Waals surface area contributed by atoms with Crippen molar-refractivity contribution in [3.05, 3.63) is 84.4 Å². The third-order valence-electron chi connectivity index (χ3n) is 5.86. The highest BCUT2D eigenvalue weighted by Crippen LogP contribution is 2.24. The van der Waals surface area contributed by atoms with Crippen molar-refractivity contribution in [1.29, 1.82) is 0 Å². The molecule has 3 aromatic rings. The number of aliphatic carboxylic acids is 1. The zero-order valence-corrected chi connectivity index (χ0v) is 19.4. The minimum Gasteiger partial charge on any atom is -0.508 e. The monoisotopic (exact) mass is 481 g/mol. The molecule has 1 atom stereocenters. The molecule has 0 aromatic heterocycles. The summed E-state index contributed by atoms with van der Waals surface area (Å²) in [6, 6.07) is 21.3. The van der Waals surface area contributed by atoms with Gasteiger partial charge in [-0.25, -0.2) is 8.42 Å². The van der Waals surface area contributed by atoms with Crippen LogP contribution in [0.1, 0.15) is 5.56 Å². The quantitative estimate of drug-likeness (QED) is 0.454. The van der Waals surface area contributed by atoms with Gasteiger partial charge in [-0.1, -0.05) is 36.4 Å². The minimum absolute atomic E-state index is 0.0222. The molecule has 1 fully saturated rings. The molecule has 8 nitrogen and oxygen atoms in total. The molecule has 0 bridgehead atoms. The molecular weight excluding hydrogens is 454 g/mol. The molecule has 1 saturated heterocycles. The van der Waals surface area contributed by atoms with Gasteiger partial charge >= 0.3 is 5.97 Å². The first-order valence-electron chi connectivity index (χ1n) is 11.0. The van der Waals surface area contributed by atoms with Crippen LogP contribution in [0.15, 0.2) is 83.8 Å². The normalized spacial score (nSPS) is 15.2. The van der Waals surface area contributed by atoms with E-state index in [9.17, 15) is 23.4 Å². The van der Waals surface area contributed by atoms with E-state index in [1.54, 1.807) is 48.5 Å². The Labute approximate surface area is 199 Å². The molecule has 1 aliphatic heterocycles. The predicted octanol–water partition coefficient (Wildman–Crippen LogP) is 2.69. The van der Waals surface area contributed by atoms with E-state index < -0.39 is 22.0 Å². The van der Waals surface area contributed by atoms with E-state index >= 15 is 0 Å². The second kappa shape index (κ2) is 10.1. The van der Waals surface area contributed by atoms with Crippen molar-refractivity contribution in [2.75, 3.05) is 36.0 Å². The molecule has 0 aliphatic carbocycles. The van der Waals surface area contributed by atoms with Crippen LogP contribution in [0.25, 0.3) is 0 Å². The molecule has 3 aromatic carbocycles. The molecule has 0 radical (unpaired) electrons. The highest BCUT2D eigenvalue weighted by molar-refractivity contribution is 7.89. The van der Waals surface area contributed by atoms with Crippen LogP contribution in [0.4, 0.5) is 11.4 Å². The van der Waals surface area contributed by atoms with Gasteiger partial charge in [0.25, 0.3) is 0 Å². The summed E-state index contributed by atoms with van der Waals surface area (Å²) in [5.74, 6) is -0.993. The molecular formula is C25H27N3O5S. The molecule has 0 saturated carbocycles. The van der Waals surface area contributed by atoms with E-state index in [-0.39, 0.29) is 17.1 Å². The lowest BCUT2D eigenvalue weighted by Crippen LogP contribution is -2.46. The van der Waals surface area contributed by atoms with E-state index in [1.807, 2.05) is 18.2 Å². The van der Waals surface area contributed by atoms with Gasteiger partial charge in [0.15, 0.2) is 0 Å². The smallest absolute Gasteiger partial charge is 0.322 e. The van der Waals surface area contributed by atoms with Gasteiger partial charge in [0.2, 0.25) is 10.0 Å². The van der Waals surface area contributed by atoms with Crippen molar-refractivity contribution < 1.29 is 23.4 Å². The van der Waals surface area contributed by atoms with E-state index in [1.165, 1.54) is 12.1 Å². The fourth-order valence-electron chi connectivity index (χ4n) is 4.03. The number of carbonyl (C=O) groups is 1. The van der Waals surface area contributed by atoms with Crippen molar-refractivity contribution in [3.8, 4) is 5.75 Å². The Morgan fingerprint density at radius 3 is 2.06 bits per heavy atom. The zero-order valence-electron chi connectivity index (χ0n) is 18.5. The first-order chi connectivity index (χ1) is 16.3. The average Bonchev–Trinajstić information content (AvgIpc) is 2.84. The summed E-state index contributed by atoms with van der Waals surface area (Å²) in [6.07, 6.45) is 0.0525. The van der Waals surface area contributed by atoms with Gasteiger partial charge in [-0.2, -0.15) is 4.72 Å². The maximum Gasteiger partial charge on any atom is 0.322 e. The second-order valence-corrected chi connectivity index (χ2v) is 9.90. The summed E-state index contributed by atoms with van der Waals surface area (Å²) < 4.78 is 28.0. The van der Waals surface area contributed by atoms with E-state index in [0.29, 0.717) is 0 Å². The van der Waals surface area contributed by atoms with Gasteiger partial charge in [0.05, 0.1) is 4.90 Å². The van der Waals surface area contributed by atoms with Crippen LogP contribution in [-0.2, 0) is 21.2 Å². The summed E-state index contributed by atoms with van der Waals surface area (Å²) in [6.45, 7) is 3.03. The molecule has 3 N–H and O–H groups in total. The molecule has 178 valence electrons. The van der Waals surface area contributed by atoms with Crippen LogP contribution < -0.4 is 14.5 Å².